The van der Waals surface area contributed by atoms with E-state index < -0.39 is 0 Å². The topological polar surface area (TPSA) is 90.2 Å². The number of rotatable bonds is 2. The lowest BCUT2D eigenvalue weighted by Crippen LogP contribution is -2.21. The molecule has 0 fully saturated rings. The molecular weight excluding hydrogens is 202 g/mol. The van der Waals surface area contributed by atoms with Crippen LogP contribution in [0.2, 0.25) is 0 Å². The second-order valence-electron chi connectivity index (χ2n) is 3.13. The normalized spacial score (nSPS) is 9.75. The van der Waals surface area contributed by atoms with Crippen LogP contribution in [0.15, 0.2) is 47.7 Å². The van der Waals surface area contributed by atoms with E-state index in [2.05, 4.69) is 15.0 Å². The zero-order valence-electron chi connectivity index (χ0n) is 8.54. The van der Waals surface area contributed by atoms with Gasteiger partial charge in [-0.25, -0.2) is 15.0 Å². The first-order valence-corrected chi connectivity index (χ1v) is 4.73. The molecular formula is C11H11N5. The van der Waals surface area contributed by atoms with Crippen molar-refractivity contribution in [3.05, 3.63) is 42.7 Å². The molecule has 0 saturated carbocycles. The number of nitrogens with two attached hydrogens (primary N) is 2. The second-order valence-corrected chi connectivity index (χ2v) is 3.13. The van der Waals surface area contributed by atoms with E-state index in [1.165, 1.54) is 0 Å². The van der Waals surface area contributed by atoms with Gasteiger partial charge in [-0.3, -0.25) is 0 Å². The Balaban J connectivity index is 2.53. The highest BCUT2D eigenvalue weighted by atomic mass is 15.0. The molecule has 1 heterocycles. The van der Waals surface area contributed by atoms with Gasteiger partial charge in [0.1, 0.15) is 0 Å². The van der Waals surface area contributed by atoms with Gasteiger partial charge in [0.05, 0.1) is 5.69 Å². The van der Waals surface area contributed by atoms with E-state index in [0.717, 1.165) is 5.56 Å². The van der Waals surface area contributed by atoms with Gasteiger partial charge in [-0.1, -0.05) is 12.1 Å². The van der Waals surface area contributed by atoms with Crippen LogP contribution in [0.1, 0.15) is 0 Å². The van der Waals surface area contributed by atoms with Gasteiger partial charge >= 0.3 is 0 Å². The molecule has 5 heteroatoms. The lowest BCUT2D eigenvalue weighted by molar-refractivity contribution is 1.17. The van der Waals surface area contributed by atoms with Crippen LogP contribution < -0.4 is 11.5 Å². The van der Waals surface area contributed by atoms with E-state index in [1.54, 1.807) is 18.5 Å². The molecule has 0 radical (unpaired) electrons. The summed E-state index contributed by atoms with van der Waals surface area (Å²) in [6.07, 6.45) is 3.35. The number of aromatic nitrogens is 2. The number of aliphatic imine (C=N–C) groups is 1. The number of hydrogen-bond acceptors (Lipinski definition) is 3. The van der Waals surface area contributed by atoms with Crippen LogP contribution in [0.25, 0.3) is 11.4 Å². The number of benzene rings is 1. The molecule has 0 amide bonds. The molecule has 16 heavy (non-hydrogen) atoms. The van der Waals surface area contributed by atoms with Crippen LogP contribution in [0.5, 0.6) is 0 Å². The minimum Gasteiger partial charge on any atom is -0.370 e. The highest BCUT2D eigenvalue weighted by Gasteiger charge is 2.05. The van der Waals surface area contributed by atoms with Crippen molar-refractivity contribution in [2.45, 2.75) is 0 Å². The van der Waals surface area contributed by atoms with E-state index in [4.69, 9.17) is 11.5 Å². The predicted molar refractivity (Wildman–Crippen MR) is 62.9 cm³/mol. The Morgan fingerprint density at radius 1 is 1.00 bits per heavy atom. The third-order valence-corrected chi connectivity index (χ3v) is 1.96. The molecule has 2 aromatic rings. The summed E-state index contributed by atoms with van der Waals surface area (Å²) in [4.78, 5) is 12.3. The predicted octanol–water partition coefficient (Wildman–Crippen LogP) is 1.05. The van der Waals surface area contributed by atoms with E-state index in [-0.39, 0.29) is 5.96 Å². The molecule has 0 aliphatic heterocycles. The molecule has 0 saturated heterocycles. The summed E-state index contributed by atoms with van der Waals surface area (Å²) in [5.74, 6) is 0.617. The summed E-state index contributed by atoms with van der Waals surface area (Å²) in [5, 5.41) is 0. The fourth-order valence-electron chi connectivity index (χ4n) is 1.34. The summed E-state index contributed by atoms with van der Waals surface area (Å²) in [7, 11) is 0. The molecule has 0 spiro atoms. The minimum atomic E-state index is 0.0170. The zero-order chi connectivity index (χ0) is 11.4. The van der Waals surface area contributed by atoms with Gasteiger partial charge in [-0.15, -0.1) is 0 Å². The maximum absolute atomic E-state index is 5.36. The van der Waals surface area contributed by atoms with Crippen LogP contribution in [0, 0.1) is 0 Å². The van der Waals surface area contributed by atoms with Crippen molar-refractivity contribution in [2.75, 3.05) is 0 Å². The monoisotopic (exact) mass is 213 g/mol. The van der Waals surface area contributed by atoms with Crippen molar-refractivity contribution >= 4 is 11.6 Å². The summed E-state index contributed by atoms with van der Waals surface area (Å²) in [6, 6.07) is 9.18. The smallest absolute Gasteiger partial charge is 0.191 e. The Bertz CT molecular complexity index is 503. The molecule has 0 unspecified atom stereocenters. The van der Waals surface area contributed by atoms with Crippen molar-refractivity contribution in [1.29, 1.82) is 0 Å². The van der Waals surface area contributed by atoms with E-state index in [9.17, 15) is 0 Å². The highest BCUT2D eigenvalue weighted by molar-refractivity contribution is 5.83. The van der Waals surface area contributed by atoms with Crippen molar-refractivity contribution in [3.8, 4) is 11.4 Å². The van der Waals surface area contributed by atoms with E-state index in [0.29, 0.717) is 11.5 Å². The minimum absolute atomic E-state index is 0.0170. The highest BCUT2D eigenvalue weighted by Crippen LogP contribution is 2.26. The van der Waals surface area contributed by atoms with Gasteiger partial charge in [0.2, 0.25) is 0 Å². The average molecular weight is 213 g/mol. The fourth-order valence-corrected chi connectivity index (χ4v) is 1.34. The molecule has 5 nitrogen and oxygen atoms in total. The molecule has 4 N–H and O–H groups in total. The Kier molecular flexibility index (Phi) is 2.77. The van der Waals surface area contributed by atoms with Crippen LogP contribution in [-0.4, -0.2) is 15.9 Å². The molecule has 0 atom stereocenters. The van der Waals surface area contributed by atoms with Crippen LogP contribution in [0.3, 0.4) is 0 Å². The maximum atomic E-state index is 5.36. The maximum Gasteiger partial charge on any atom is 0.191 e. The quantitative estimate of drug-likeness (QED) is 0.576. The van der Waals surface area contributed by atoms with Crippen molar-refractivity contribution in [3.63, 3.8) is 0 Å². The molecule has 0 aliphatic carbocycles. The largest absolute Gasteiger partial charge is 0.370 e. The van der Waals surface area contributed by atoms with Gasteiger partial charge in [0.25, 0.3) is 0 Å². The Labute approximate surface area is 92.9 Å². The summed E-state index contributed by atoms with van der Waals surface area (Å²) in [6.45, 7) is 0. The lowest BCUT2D eigenvalue weighted by Gasteiger charge is -2.03. The van der Waals surface area contributed by atoms with Crippen molar-refractivity contribution < 1.29 is 0 Å². The molecule has 1 aromatic carbocycles. The average Bonchev–Trinajstić information content (AvgIpc) is 2.30. The number of guanidine groups is 1. The molecule has 80 valence electrons. The summed E-state index contributed by atoms with van der Waals surface area (Å²) >= 11 is 0. The Morgan fingerprint density at radius 3 is 2.38 bits per heavy atom. The Hall–Kier alpha value is -2.43. The second kappa shape index (κ2) is 4.39. The summed E-state index contributed by atoms with van der Waals surface area (Å²) < 4.78 is 0. The van der Waals surface area contributed by atoms with Crippen LogP contribution in [0.4, 0.5) is 5.69 Å². The number of hydrogen-bond donors (Lipinski definition) is 2. The van der Waals surface area contributed by atoms with E-state index >= 15 is 0 Å². The van der Waals surface area contributed by atoms with Crippen molar-refractivity contribution in [2.24, 2.45) is 16.5 Å². The van der Waals surface area contributed by atoms with Gasteiger partial charge in [-0.2, -0.15) is 0 Å². The first kappa shape index (κ1) is 10.1. The van der Waals surface area contributed by atoms with Gasteiger partial charge < -0.3 is 11.5 Å². The first-order valence-electron chi connectivity index (χ1n) is 4.73. The molecule has 0 bridgehead atoms. The van der Waals surface area contributed by atoms with Crippen LogP contribution in [-0.2, 0) is 0 Å². The van der Waals surface area contributed by atoms with Gasteiger partial charge in [0, 0.05) is 18.0 Å². The third kappa shape index (κ3) is 2.14. The Morgan fingerprint density at radius 2 is 1.69 bits per heavy atom. The van der Waals surface area contributed by atoms with Crippen LogP contribution >= 0.6 is 0 Å². The SMILES string of the molecule is NC(N)=Nc1ccccc1-c1ncccn1. The zero-order valence-corrected chi connectivity index (χ0v) is 8.54. The summed E-state index contributed by atoms with van der Waals surface area (Å²) in [5.41, 5.74) is 12.2. The molecule has 1 aromatic heterocycles. The lowest BCUT2D eigenvalue weighted by atomic mass is 10.1. The van der Waals surface area contributed by atoms with Gasteiger partial charge in [-0.05, 0) is 18.2 Å². The number of para-hydroxylation sites is 1. The fraction of sp³-hybridized carbons (Fsp3) is 0. The molecule has 2 rings (SSSR count). The molecule has 0 aliphatic rings. The standard InChI is InChI=1S/C11H11N5/c12-11(13)16-9-5-2-1-4-8(9)10-14-6-3-7-15-10/h1-7H,(H4,12,13,16). The first-order chi connectivity index (χ1) is 7.77. The van der Waals surface area contributed by atoms with E-state index in [1.807, 2.05) is 24.3 Å². The van der Waals surface area contributed by atoms with Crippen molar-refractivity contribution in [1.82, 2.24) is 9.97 Å². The number of nitrogens with zero attached hydrogens (tertiary/aromatic N) is 3. The van der Waals surface area contributed by atoms with Gasteiger partial charge in [0.15, 0.2) is 11.8 Å². The third-order valence-electron chi connectivity index (χ3n) is 1.96.